The maximum atomic E-state index is 12.7. The van der Waals surface area contributed by atoms with Crippen LogP contribution in [0.1, 0.15) is 81.5 Å². The van der Waals surface area contributed by atoms with E-state index in [9.17, 15) is 9.59 Å². The van der Waals surface area contributed by atoms with E-state index in [0.29, 0.717) is 30.8 Å². The van der Waals surface area contributed by atoms with Crippen molar-refractivity contribution in [1.29, 1.82) is 0 Å². The molecule has 1 fully saturated rings. The molecule has 0 saturated carbocycles. The van der Waals surface area contributed by atoms with Gasteiger partial charge in [-0.25, -0.2) is 0 Å². The van der Waals surface area contributed by atoms with Gasteiger partial charge in [0.15, 0.2) is 0 Å². The molecule has 1 aromatic carbocycles. The van der Waals surface area contributed by atoms with Crippen LogP contribution in [-0.4, -0.2) is 45.2 Å². The third kappa shape index (κ3) is 8.34. The van der Waals surface area contributed by atoms with Crippen LogP contribution >= 0.6 is 0 Å². The summed E-state index contributed by atoms with van der Waals surface area (Å²) in [6, 6.07) is 5.67. The third-order valence-electron chi connectivity index (χ3n) is 5.57. The average Bonchev–Trinajstić information content (AvgIpc) is 3.28. The fourth-order valence-electron chi connectivity index (χ4n) is 3.86. The predicted octanol–water partition coefficient (Wildman–Crippen LogP) is 4.74. The van der Waals surface area contributed by atoms with Crippen molar-refractivity contribution in [2.75, 3.05) is 43.6 Å². The Kier molecular flexibility index (Phi) is 11.3. The smallest absolute Gasteiger partial charge is 0.253 e. The van der Waals surface area contributed by atoms with E-state index in [4.69, 9.17) is 4.74 Å². The van der Waals surface area contributed by atoms with Crippen LogP contribution in [0.2, 0.25) is 0 Å². The number of rotatable bonds is 14. The van der Waals surface area contributed by atoms with Crippen molar-refractivity contribution in [3.05, 3.63) is 23.8 Å². The second kappa shape index (κ2) is 14.0. The fraction of sp³-hybridized carbons (Fsp3) is 0.667. The SMILES string of the molecule is CCCCCCCCCC(=O)Nc1ccc(N2CCCC2)c(C(=O)NCCOC)c1. The van der Waals surface area contributed by atoms with Gasteiger partial charge < -0.3 is 20.3 Å². The number of ether oxygens (including phenoxy) is 1. The maximum absolute atomic E-state index is 12.7. The number of carbonyl (C=O) groups excluding carboxylic acids is 2. The zero-order valence-electron chi connectivity index (χ0n) is 18.8. The monoisotopic (exact) mass is 417 g/mol. The van der Waals surface area contributed by atoms with Crippen LogP contribution in [-0.2, 0) is 9.53 Å². The molecule has 1 aromatic rings. The number of hydrogen-bond donors (Lipinski definition) is 2. The molecular formula is C24H39N3O3. The molecule has 30 heavy (non-hydrogen) atoms. The van der Waals surface area contributed by atoms with E-state index >= 15 is 0 Å². The molecule has 1 heterocycles. The van der Waals surface area contributed by atoms with Crippen molar-refractivity contribution in [2.24, 2.45) is 0 Å². The van der Waals surface area contributed by atoms with Gasteiger partial charge in [0.25, 0.3) is 5.91 Å². The first-order valence-corrected chi connectivity index (χ1v) is 11.6. The normalized spacial score (nSPS) is 13.5. The number of methoxy groups -OCH3 is 1. The molecule has 0 unspecified atom stereocenters. The Morgan fingerprint density at radius 3 is 2.43 bits per heavy atom. The molecule has 2 N–H and O–H groups in total. The molecule has 0 aliphatic carbocycles. The van der Waals surface area contributed by atoms with E-state index in [-0.39, 0.29) is 11.8 Å². The number of nitrogens with zero attached hydrogens (tertiary/aromatic N) is 1. The molecule has 0 radical (unpaired) electrons. The van der Waals surface area contributed by atoms with Gasteiger partial charge in [-0.05, 0) is 37.5 Å². The summed E-state index contributed by atoms with van der Waals surface area (Å²) in [4.78, 5) is 27.3. The predicted molar refractivity (Wildman–Crippen MR) is 123 cm³/mol. The molecule has 168 valence electrons. The van der Waals surface area contributed by atoms with Crippen LogP contribution in [0.15, 0.2) is 18.2 Å². The van der Waals surface area contributed by atoms with E-state index in [0.717, 1.165) is 44.5 Å². The number of unbranched alkanes of at least 4 members (excludes halogenated alkanes) is 6. The second-order valence-corrected chi connectivity index (χ2v) is 8.09. The number of benzene rings is 1. The highest BCUT2D eigenvalue weighted by Crippen LogP contribution is 2.27. The lowest BCUT2D eigenvalue weighted by atomic mass is 10.1. The molecule has 1 saturated heterocycles. The molecule has 0 aromatic heterocycles. The van der Waals surface area contributed by atoms with Crippen LogP contribution in [0.25, 0.3) is 0 Å². The quantitative estimate of drug-likeness (QED) is 0.429. The maximum Gasteiger partial charge on any atom is 0.253 e. The summed E-state index contributed by atoms with van der Waals surface area (Å²) >= 11 is 0. The number of carbonyl (C=O) groups is 2. The first-order valence-electron chi connectivity index (χ1n) is 11.6. The number of nitrogens with one attached hydrogen (secondary N) is 2. The Labute approximate surface area is 181 Å². The zero-order chi connectivity index (χ0) is 21.6. The first kappa shape index (κ1) is 24.2. The van der Waals surface area contributed by atoms with Crippen LogP contribution in [0.5, 0.6) is 0 Å². The summed E-state index contributed by atoms with van der Waals surface area (Å²) < 4.78 is 5.03. The zero-order valence-corrected chi connectivity index (χ0v) is 18.8. The molecule has 2 amide bonds. The van der Waals surface area contributed by atoms with Crippen molar-refractivity contribution < 1.29 is 14.3 Å². The second-order valence-electron chi connectivity index (χ2n) is 8.09. The van der Waals surface area contributed by atoms with Gasteiger partial charge in [0, 0.05) is 44.5 Å². The fourth-order valence-corrected chi connectivity index (χ4v) is 3.86. The molecule has 0 bridgehead atoms. The molecule has 6 nitrogen and oxygen atoms in total. The average molecular weight is 418 g/mol. The minimum atomic E-state index is -0.128. The number of hydrogen-bond acceptors (Lipinski definition) is 4. The van der Waals surface area contributed by atoms with Gasteiger partial charge in [0.2, 0.25) is 5.91 Å². The summed E-state index contributed by atoms with van der Waals surface area (Å²) in [6.07, 6.45) is 11.1. The number of amides is 2. The summed E-state index contributed by atoms with van der Waals surface area (Å²) in [6.45, 7) is 5.07. The van der Waals surface area contributed by atoms with Crippen molar-refractivity contribution in [1.82, 2.24) is 5.32 Å². The van der Waals surface area contributed by atoms with Crippen molar-refractivity contribution in [3.63, 3.8) is 0 Å². The third-order valence-corrected chi connectivity index (χ3v) is 5.57. The molecular weight excluding hydrogens is 378 g/mol. The van der Waals surface area contributed by atoms with Crippen LogP contribution in [0.3, 0.4) is 0 Å². The molecule has 0 spiro atoms. The molecule has 2 rings (SSSR count). The Bertz CT molecular complexity index is 657. The minimum absolute atomic E-state index is 0.0169. The van der Waals surface area contributed by atoms with Crippen LogP contribution in [0, 0.1) is 0 Å². The summed E-state index contributed by atoms with van der Waals surface area (Å²) in [7, 11) is 1.61. The van der Waals surface area contributed by atoms with Crippen LogP contribution in [0.4, 0.5) is 11.4 Å². The minimum Gasteiger partial charge on any atom is -0.383 e. The van der Waals surface area contributed by atoms with Gasteiger partial charge in [-0.3, -0.25) is 9.59 Å². The Hall–Kier alpha value is -2.08. The van der Waals surface area contributed by atoms with Crippen molar-refractivity contribution in [3.8, 4) is 0 Å². The summed E-state index contributed by atoms with van der Waals surface area (Å²) in [5.41, 5.74) is 2.23. The summed E-state index contributed by atoms with van der Waals surface area (Å²) in [5, 5.41) is 5.88. The highest BCUT2D eigenvalue weighted by Gasteiger charge is 2.20. The van der Waals surface area contributed by atoms with Crippen molar-refractivity contribution >= 4 is 23.2 Å². The largest absolute Gasteiger partial charge is 0.383 e. The summed E-state index contributed by atoms with van der Waals surface area (Å²) in [5.74, 6) is -0.111. The molecule has 0 atom stereocenters. The van der Waals surface area contributed by atoms with Gasteiger partial charge in [0.05, 0.1) is 12.2 Å². The topological polar surface area (TPSA) is 70.7 Å². The first-order chi connectivity index (χ1) is 14.7. The van der Waals surface area contributed by atoms with Gasteiger partial charge in [-0.15, -0.1) is 0 Å². The van der Waals surface area contributed by atoms with Gasteiger partial charge >= 0.3 is 0 Å². The van der Waals surface area contributed by atoms with Crippen molar-refractivity contribution in [2.45, 2.75) is 71.1 Å². The standard InChI is InChI=1S/C24H39N3O3/c1-3-4-5-6-7-8-9-12-23(28)26-20-13-14-22(27-16-10-11-17-27)21(19-20)24(29)25-15-18-30-2/h13-14,19H,3-12,15-18H2,1-2H3,(H,25,29)(H,26,28). The lowest BCUT2D eigenvalue weighted by Crippen LogP contribution is -2.30. The van der Waals surface area contributed by atoms with Gasteiger partial charge in [-0.2, -0.15) is 0 Å². The number of anilines is 2. The van der Waals surface area contributed by atoms with E-state index in [2.05, 4.69) is 22.5 Å². The van der Waals surface area contributed by atoms with Crippen LogP contribution < -0.4 is 15.5 Å². The van der Waals surface area contributed by atoms with E-state index in [1.165, 1.54) is 32.1 Å². The molecule has 1 aliphatic rings. The molecule has 1 aliphatic heterocycles. The molecule has 6 heteroatoms. The highest BCUT2D eigenvalue weighted by atomic mass is 16.5. The Morgan fingerprint density at radius 1 is 1.03 bits per heavy atom. The Morgan fingerprint density at radius 2 is 1.73 bits per heavy atom. The van der Waals surface area contributed by atoms with Gasteiger partial charge in [-0.1, -0.05) is 45.4 Å². The van der Waals surface area contributed by atoms with E-state index < -0.39 is 0 Å². The highest BCUT2D eigenvalue weighted by molar-refractivity contribution is 6.02. The van der Waals surface area contributed by atoms with E-state index in [1.54, 1.807) is 13.2 Å². The Balaban J connectivity index is 1.91. The van der Waals surface area contributed by atoms with E-state index in [1.807, 2.05) is 12.1 Å². The lowest BCUT2D eigenvalue weighted by Gasteiger charge is -2.22. The lowest BCUT2D eigenvalue weighted by molar-refractivity contribution is -0.116. The van der Waals surface area contributed by atoms with Gasteiger partial charge in [0.1, 0.15) is 0 Å².